The molecule has 0 heterocycles. The molecule has 1 rings (SSSR count). The Kier molecular flexibility index (Phi) is 3.67. The third-order valence-corrected chi connectivity index (χ3v) is 1.91. The molecule has 0 aliphatic carbocycles. The summed E-state index contributed by atoms with van der Waals surface area (Å²) in [5.74, 6) is 0. The second-order valence-corrected chi connectivity index (χ2v) is 3.08. The highest BCUT2D eigenvalue weighted by molar-refractivity contribution is 5.58. The molecule has 0 saturated heterocycles. The van der Waals surface area contributed by atoms with Crippen molar-refractivity contribution in [2.45, 2.75) is 6.92 Å². The quantitative estimate of drug-likeness (QED) is 0.755. The second kappa shape index (κ2) is 5.20. The van der Waals surface area contributed by atoms with Crippen molar-refractivity contribution in [3.05, 3.63) is 41.1 Å². The predicted octanol–water partition coefficient (Wildman–Crippen LogP) is 2.23. The van der Waals surface area contributed by atoms with Crippen molar-refractivity contribution >= 4 is 5.69 Å². The Morgan fingerprint density at radius 1 is 1.00 bits per heavy atom. The highest BCUT2D eigenvalue weighted by atomic mass is 14.9. The summed E-state index contributed by atoms with van der Waals surface area (Å²) in [6, 6.07) is 12.4. The topological polar surface area (TPSA) is 83.4 Å². The van der Waals surface area contributed by atoms with Gasteiger partial charge in [0, 0.05) is 5.69 Å². The number of hydrogen-bond donors (Lipinski definition) is 1. The number of aryl methyl sites for hydroxylation is 1. The summed E-state index contributed by atoms with van der Waals surface area (Å²) in [4.78, 5) is 0. The summed E-state index contributed by atoms with van der Waals surface area (Å²) in [7, 11) is 0. The van der Waals surface area contributed by atoms with Gasteiger partial charge in [-0.3, -0.25) is 0 Å². The van der Waals surface area contributed by atoms with Crippen LogP contribution in [-0.4, -0.2) is 0 Å². The van der Waals surface area contributed by atoms with Crippen LogP contribution in [0.5, 0.6) is 0 Å². The van der Waals surface area contributed by atoms with E-state index in [1.54, 1.807) is 30.3 Å². The summed E-state index contributed by atoms with van der Waals surface area (Å²) in [5.41, 5.74) is 1.51. The van der Waals surface area contributed by atoms with Gasteiger partial charge in [-0.1, -0.05) is 17.7 Å². The van der Waals surface area contributed by atoms with Crippen molar-refractivity contribution in [3.63, 3.8) is 0 Å². The van der Waals surface area contributed by atoms with Crippen molar-refractivity contribution < 1.29 is 0 Å². The van der Waals surface area contributed by atoms with Crippen molar-refractivity contribution in [1.82, 2.24) is 0 Å². The monoisotopic (exact) mass is 208 g/mol. The maximum atomic E-state index is 8.80. The van der Waals surface area contributed by atoms with E-state index in [4.69, 9.17) is 15.8 Å². The lowest BCUT2D eigenvalue weighted by molar-refractivity contribution is 1.36. The number of allylic oxidation sites excluding steroid dienone is 2. The highest BCUT2D eigenvalue weighted by Crippen LogP contribution is 2.12. The van der Waals surface area contributed by atoms with Crippen LogP contribution in [0.25, 0.3) is 0 Å². The van der Waals surface area contributed by atoms with Gasteiger partial charge in [0.15, 0.2) is 5.57 Å². The molecular weight excluding hydrogens is 200 g/mol. The van der Waals surface area contributed by atoms with Crippen LogP contribution in [-0.2, 0) is 0 Å². The third-order valence-electron chi connectivity index (χ3n) is 1.91. The minimum Gasteiger partial charge on any atom is -0.345 e. The van der Waals surface area contributed by atoms with Crippen molar-refractivity contribution in [2.24, 2.45) is 0 Å². The first-order valence-electron chi connectivity index (χ1n) is 4.49. The van der Waals surface area contributed by atoms with Crippen LogP contribution in [0.15, 0.2) is 35.5 Å². The molecule has 1 aromatic carbocycles. The van der Waals surface area contributed by atoms with Gasteiger partial charge in [0.25, 0.3) is 0 Å². The molecule has 0 fully saturated rings. The lowest BCUT2D eigenvalue weighted by Crippen LogP contribution is -2.00. The summed E-state index contributed by atoms with van der Waals surface area (Å²) in [6.07, 6.45) is 0. The minimum atomic E-state index is -0.219. The molecule has 0 radical (unpaired) electrons. The zero-order chi connectivity index (χ0) is 12.0. The average Bonchev–Trinajstić information content (AvgIpc) is 2.32. The molecule has 0 aromatic heterocycles. The maximum Gasteiger partial charge on any atom is 0.163 e. The molecule has 0 aliphatic rings. The number of anilines is 1. The van der Waals surface area contributed by atoms with E-state index in [1.165, 1.54) is 0 Å². The molecule has 4 nitrogen and oxygen atoms in total. The Bertz CT molecular complexity index is 516. The Morgan fingerprint density at radius 2 is 1.56 bits per heavy atom. The van der Waals surface area contributed by atoms with E-state index in [0.29, 0.717) is 5.69 Å². The van der Waals surface area contributed by atoms with E-state index in [0.717, 1.165) is 5.56 Å². The van der Waals surface area contributed by atoms with E-state index < -0.39 is 0 Å². The zero-order valence-corrected chi connectivity index (χ0v) is 8.65. The van der Waals surface area contributed by atoms with Crippen LogP contribution in [0, 0.1) is 40.9 Å². The lowest BCUT2D eigenvalue weighted by Gasteiger charge is -2.04. The molecule has 0 atom stereocenters. The van der Waals surface area contributed by atoms with Gasteiger partial charge in [-0.15, -0.1) is 0 Å². The molecular formula is C12H8N4. The normalized spacial score (nSPS) is 8.12. The first-order chi connectivity index (χ1) is 7.71. The highest BCUT2D eigenvalue weighted by Gasteiger charge is 2.05. The lowest BCUT2D eigenvalue weighted by atomic mass is 10.2. The van der Waals surface area contributed by atoms with E-state index in [-0.39, 0.29) is 11.3 Å². The first kappa shape index (κ1) is 11.3. The third kappa shape index (κ3) is 2.61. The van der Waals surface area contributed by atoms with Crippen molar-refractivity contribution in [2.75, 3.05) is 5.32 Å². The predicted molar refractivity (Wildman–Crippen MR) is 58.7 cm³/mol. The molecule has 0 aliphatic heterocycles. The summed E-state index contributed by atoms with van der Waals surface area (Å²) < 4.78 is 0. The van der Waals surface area contributed by atoms with Crippen molar-refractivity contribution in [1.29, 1.82) is 15.8 Å². The number of hydrogen-bond acceptors (Lipinski definition) is 4. The van der Waals surface area contributed by atoms with E-state index in [1.807, 2.05) is 19.1 Å². The van der Waals surface area contributed by atoms with Gasteiger partial charge in [-0.2, -0.15) is 15.8 Å². The molecule has 0 saturated carbocycles. The molecule has 0 spiro atoms. The van der Waals surface area contributed by atoms with Crippen LogP contribution in [0.3, 0.4) is 0 Å². The molecule has 0 bridgehead atoms. The fourth-order valence-electron chi connectivity index (χ4n) is 1.06. The zero-order valence-electron chi connectivity index (χ0n) is 8.65. The van der Waals surface area contributed by atoms with Gasteiger partial charge in [-0.05, 0) is 19.1 Å². The molecule has 4 heteroatoms. The first-order valence-corrected chi connectivity index (χ1v) is 4.49. The van der Waals surface area contributed by atoms with Crippen LogP contribution in [0.1, 0.15) is 5.56 Å². The van der Waals surface area contributed by atoms with Gasteiger partial charge in [0.2, 0.25) is 0 Å². The van der Waals surface area contributed by atoms with Gasteiger partial charge in [0.05, 0.1) is 0 Å². The fourth-order valence-corrected chi connectivity index (χ4v) is 1.06. The van der Waals surface area contributed by atoms with Gasteiger partial charge < -0.3 is 5.32 Å². The summed E-state index contributed by atoms with van der Waals surface area (Å²) >= 11 is 0. The Labute approximate surface area is 93.7 Å². The largest absolute Gasteiger partial charge is 0.345 e. The van der Waals surface area contributed by atoms with Gasteiger partial charge in [0.1, 0.15) is 23.9 Å². The summed E-state index contributed by atoms with van der Waals surface area (Å²) in [6.45, 7) is 1.95. The Balaban J connectivity index is 3.02. The van der Waals surface area contributed by atoms with E-state index in [9.17, 15) is 0 Å². The van der Waals surface area contributed by atoms with Gasteiger partial charge >= 0.3 is 0 Å². The standard InChI is InChI=1S/C12H8N4/c1-9-2-4-11(5-3-9)16-12(8-15)10(6-13)7-14/h2-5,16H,1H3. The van der Waals surface area contributed by atoms with Gasteiger partial charge in [-0.25, -0.2) is 0 Å². The molecule has 1 aromatic rings. The van der Waals surface area contributed by atoms with Crippen LogP contribution in [0.2, 0.25) is 0 Å². The summed E-state index contributed by atoms with van der Waals surface area (Å²) in [5, 5.41) is 28.8. The van der Waals surface area contributed by atoms with E-state index >= 15 is 0 Å². The molecule has 1 N–H and O–H groups in total. The maximum absolute atomic E-state index is 8.80. The molecule has 0 amide bonds. The fraction of sp³-hybridized carbons (Fsp3) is 0.0833. The molecule has 0 unspecified atom stereocenters. The molecule has 16 heavy (non-hydrogen) atoms. The van der Waals surface area contributed by atoms with Crippen LogP contribution < -0.4 is 5.32 Å². The molecule has 76 valence electrons. The number of nitrogens with one attached hydrogen (secondary N) is 1. The van der Waals surface area contributed by atoms with Crippen LogP contribution in [0.4, 0.5) is 5.69 Å². The van der Waals surface area contributed by atoms with Crippen molar-refractivity contribution in [3.8, 4) is 18.2 Å². The second-order valence-electron chi connectivity index (χ2n) is 3.08. The average molecular weight is 208 g/mol. The van der Waals surface area contributed by atoms with Crippen LogP contribution >= 0.6 is 0 Å². The number of nitriles is 3. The Hall–Kier alpha value is -2.77. The minimum absolute atomic E-state index is 0.0335. The smallest absolute Gasteiger partial charge is 0.163 e. The number of rotatable bonds is 2. The number of nitrogens with zero attached hydrogens (tertiary/aromatic N) is 3. The van der Waals surface area contributed by atoms with E-state index in [2.05, 4.69) is 5.32 Å². The SMILES string of the molecule is Cc1ccc(NC(C#N)=C(C#N)C#N)cc1. The number of benzene rings is 1. The Morgan fingerprint density at radius 3 is 2.00 bits per heavy atom.